The van der Waals surface area contributed by atoms with Gasteiger partial charge in [-0.15, -0.1) is 0 Å². The van der Waals surface area contributed by atoms with E-state index in [1.54, 1.807) is 18.3 Å². The number of anilines is 1. The van der Waals surface area contributed by atoms with Crippen LogP contribution in [0.1, 0.15) is 13.3 Å². The minimum Gasteiger partial charge on any atom is -0.359 e. The normalized spacial score (nSPS) is 13.4. The van der Waals surface area contributed by atoms with Gasteiger partial charge in [0.15, 0.2) is 9.84 Å². The molecule has 0 amide bonds. The van der Waals surface area contributed by atoms with Crippen molar-refractivity contribution in [3.63, 3.8) is 0 Å². The van der Waals surface area contributed by atoms with Gasteiger partial charge in [0.2, 0.25) is 0 Å². The SMILES string of the molecule is CC(Br)CCN(C)c1ncccc1S(C)(=O)=O. The quantitative estimate of drug-likeness (QED) is 0.779. The van der Waals surface area contributed by atoms with E-state index in [0.717, 1.165) is 13.0 Å². The number of rotatable bonds is 5. The molecule has 17 heavy (non-hydrogen) atoms. The second-order valence-corrected chi connectivity index (χ2v) is 7.64. The third kappa shape index (κ3) is 4.27. The van der Waals surface area contributed by atoms with Crippen LogP contribution in [0.5, 0.6) is 0 Å². The van der Waals surface area contributed by atoms with E-state index in [9.17, 15) is 8.42 Å². The number of nitrogens with zero attached hydrogens (tertiary/aromatic N) is 2. The van der Waals surface area contributed by atoms with Crippen LogP contribution in [-0.4, -0.2) is 38.1 Å². The third-order valence-corrected chi connectivity index (χ3v) is 3.95. The van der Waals surface area contributed by atoms with Crippen LogP contribution in [0, 0.1) is 0 Å². The molecule has 0 aliphatic rings. The largest absolute Gasteiger partial charge is 0.359 e. The lowest BCUT2D eigenvalue weighted by atomic mass is 10.3. The van der Waals surface area contributed by atoms with E-state index in [0.29, 0.717) is 10.6 Å². The van der Waals surface area contributed by atoms with Crippen molar-refractivity contribution >= 4 is 31.6 Å². The summed E-state index contributed by atoms with van der Waals surface area (Å²) in [4.78, 5) is 6.70. The van der Waals surface area contributed by atoms with Gasteiger partial charge >= 0.3 is 0 Å². The molecule has 1 heterocycles. The van der Waals surface area contributed by atoms with E-state index < -0.39 is 9.84 Å². The summed E-state index contributed by atoms with van der Waals surface area (Å²) >= 11 is 3.47. The number of hydrogen-bond acceptors (Lipinski definition) is 4. The molecular formula is C11H17BrN2O2S. The fraction of sp³-hybridized carbons (Fsp3) is 0.545. The van der Waals surface area contributed by atoms with Crippen molar-refractivity contribution in [2.24, 2.45) is 0 Å². The van der Waals surface area contributed by atoms with Crippen molar-refractivity contribution in [2.75, 3.05) is 24.7 Å². The third-order valence-electron chi connectivity index (χ3n) is 2.37. The molecule has 6 heteroatoms. The molecule has 1 aromatic heterocycles. The first-order valence-corrected chi connectivity index (χ1v) is 8.13. The Hall–Kier alpha value is -0.620. The Kier molecular flexibility index (Phi) is 4.94. The molecule has 1 aromatic rings. The van der Waals surface area contributed by atoms with Crippen LogP contribution >= 0.6 is 15.9 Å². The van der Waals surface area contributed by atoms with Gasteiger partial charge in [-0.2, -0.15) is 0 Å². The van der Waals surface area contributed by atoms with Crippen molar-refractivity contribution in [1.82, 2.24) is 4.98 Å². The molecule has 0 fully saturated rings. The lowest BCUT2D eigenvalue weighted by Gasteiger charge is -2.20. The summed E-state index contributed by atoms with van der Waals surface area (Å²) in [6, 6.07) is 3.23. The van der Waals surface area contributed by atoms with E-state index in [-0.39, 0.29) is 4.90 Å². The summed E-state index contributed by atoms with van der Waals surface area (Å²) in [6.07, 6.45) is 3.74. The van der Waals surface area contributed by atoms with Gasteiger partial charge in [-0.3, -0.25) is 0 Å². The molecule has 1 rings (SSSR count). The highest BCUT2D eigenvalue weighted by Crippen LogP contribution is 2.21. The number of halogens is 1. The van der Waals surface area contributed by atoms with Gasteiger partial charge in [-0.25, -0.2) is 13.4 Å². The van der Waals surface area contributed by atoms with Crippen molar-refractivity contribution in [3.05, 3.63) is 18.3 Å². The fourth-order valence-electron chi connectivity index (χ4n) is 1.44. The van der Waals surface area contributed by atoms with Crippen LogP contribution in [0.4, 0.5) is 5.82 Å². The molecular weight excluding hydrogens is 304 g/mol. The van der Waals surface area contributed by atoms with Gasteiger partial charge in [0, 0.05) is 30.9 Å². The lowest BCUT2D eigenvalue weighted by molar-refractivity contribution is 0.601. The zero-order chi connectivity index (χ0) is 13.1. The maximum Gasteiger partial charge on any atom is 0.179 e. The Morgan fingerprint density at radius 3 is 2.71 bits per heavy atom. The maximum absolute atomic E-state index is 11.6. The molecule has 1 unspecified atom stereocenters. The van der Waals surface area contributed by atoms with Gasteiger partial charge in [-0.1, -0.05) is 22.9 Å². The number of hydrogen-bond donors (Lipinski definition) is 0. The Morgan fingerprint density at radius 2 is 2.18 bits per heavy atom. The first-order chi connectivity index (χ1) is 7.82. The van der Waals surface area contributed by atoms with Crippen LogP contribution in [0.15, 0.2) is 23.2 Å². The highest BCUT2D eigenvalue weighted by molar-refractivity contribution is 9.09. The Balaban J connectivity index is 2.98. The number of pyridine rings is 1. The van der Waals surface area contributed by atoms with Crippen LogP contribution in [0.3, 0.4) is 0 Å². The minimum absolute atomic E-state index is 0.282. The smallest absolute Gasteiger partial charge is 0.179 e. The van der Waals surface area contributed by atoms with Gasteiger partial charge in [0.1, 0.15) is 10.7 Å². The topological polar surface area (TPSA) is 50.3 Å². The lowest BCUT2D eigenvalue weighted by Crippen LogP contribution is -2.23. The molecule has 0 bridgehead atoms. The highest BCUT2D eigenvalue weighted by atomic mass is 79.9. The predicted octanol–water partition coefficient (Wildman–Crippen LogP) is 2.09. The van der Waals surface area contributed by atoms with E-state index >= 15 is 0 Å². The molecule has 1 atom stereocenters. The highest BCUT2D eigenvalue weighted by Gasteiger charge is 2.16. The monoisotopic (exact) mass is 320 g/mol. The van der Waals surface area contributed by atoms with Gasteiger partial charge in [0.25, 0.3) is 0 Å². The van der Waals surface area contributed by atoms with Gasteiger partial charge in [-0.05, 0) is 18.6 Å². The standard InChI is InChI=1S/C11H17BrN2O2S/c1-9(12)6-8-14(2)11-10(17(3,15)16)5-4-7-13-11/h4-5,7,9H,6,8H2,1-3H3. The molecule has 0 saturated heterocycles. The molecule has 0 radical (unpaired) electrons. The van der Waals surface area contributed by atoms with Crippen LogP contribution in [-0.2, 0) is 9.84 Å². The first kappa shape index (κ1) is 14.4. The summed E-state index contributed by atoms with van der Waals surface area (Å²) in [5, 5.41) is 0. The summed E-state index contributed by atoms with van der Waals surface area (Å²) < 4.78 is 23.2. The van der Waals surface area contributed by atoms with Gasteiger partial charge < -0.3 is 4.90 Å². The molecule has 0 N–H and O–H groups in total. The summed E-state index contributed by atoms with van der Waals surface area (Å²) in [6.45, 7) is 2.82. The Morgan fingerprint density at radius 1 is 1.53 bits per heavy atom. The average Bonchev–Trinajstić information content (AvgIpc) is 2.24. The molecule has 0 saturated carbocycles. The summed E-state index contributed by atoms with van der Waals surface area (Å²) in [5.41, 5.74) is 0. The number of alkyl halides is 1. The molecule has 4 nitrogen and oxygen atoms in total. The van der Waals surface area contributed by atoms with E-state index in [2.05, 4.69) is 27.8 Å². The summed E-state index contributed by atoms with van der Waals surface area (Å²) in [7, 11) is -1.38. The van der Waals surface area contributed by atoms with Crippen molar-refractivity contribution in [3.8, 4) is 0 Å². The van der Waals surface area contributed by atoms with Crippen molar-refractivity contribution in [2.45, 2.75) is 23.1 Å². The molecule has 0 aromatic carbocycles. The maximum atomic E-state index is 11.6. The second-order valence-electron chi connectivity index (χ2n) is 4.09. The second kappa shape index (κ2) is 5.82. The summed E-state index contributed by atoms with van der Waals surface area (Å²) in [5.74, 6) is 0.517. The Bertz CT molecular complexity index is 474. The van der Waals surface area contributed by atoms with E-state index in [1.807, 2.05) is 11.9 Å². The first-order valence-electron chi connectivity index (χ1n) is 5.32. The molecule has 0 aliphatic carbocycles. The van der Waals surface area contributed by atoms with Crippen LogP contribution in [0.25, 0.3) is 0 Å². The molecule has 96 valence electrons. The van der Waals surface area contributed by atoms with Crippen LogP contribution in [0.2, 0.25) is 0 Å². The minimum atomic E-state index is -3.23. The molecule has 0 spiro atoms. The van der Waals surface area contributed by atoms with Crippen LogP contribution < -0.4 is 4.90 Å². The van der Waals surface area contributed by atoms with E-state index in [1.165, 1.54) is 6.26 Å². The fourth-order valence-corrected chi connectivity index (χ4v) is 2.51. The average molecular weight is 321 g/mol. The number of aromatic nitrogens is 1. The Labute approximate surface area is 111 Å². The number of sulfone groups is 1. The van der Waals surface area contributed by atoms with E-state index in [4.69, 9.17) is 0 Å². The zero-order valence-electron chi connectivity index (χ0n) is 10.2. The predicted molar refractivity (Wildman–Crippen MR) is 73.6 cm³/mol. The van der Waals surface area contributed by atoms with Crippen molar-refractivity contribution < 1.29 is 8.42 Å². The van der Waals surface area contributed by atoms with Gasteiger partial charge in [0.05, 0.1) is 0 Å². The molecule has 0 aliphatic heterocycles. The van der Waals surface area contributed by atoms with Crippen molar-refractivity contribution in [1.29, 1.82) is 0 Å². The zero-order valence-corrected chi connectivity index (χ0v) is 12.6.